The van der Waals surface area contributed by atoms with E-state index in [1.165, 1.54) is 6.07 Å². The molecule has 2 rings (SSSR count). The third-order valence-electron chi connectivity index (χ3n) is 3.44. The Labute approximate surface area is 117 Å². The number of hydrogen-bond donors (Lipinski definition) is 1. The van der Waals surface area contributed by atoms with Crippen molar-refractivity contribution in [2.45, 2.75) is 13.3 Å². The number of carbonyl (C=O) groups is 1. The van der Waals surface area contributed by atoms with Gasteiger partial charge in [0, 0.05) is 25.7 Å². The van der Waals surface area contributed by atoms with Gasteiger partial charge < -0.3 is 9.63 Å². The first-order chi connectivity index (χ1) is 9.60. The van der Waals surface area contributed by atoms with Crippen molar-refractivity contribution in [3.8, 4) is 0 Å². The first-order valence-corrected chi connectivity index (χ1v) is 6.89. The van der Waals surface area contributed by atoms with E-state index in [-0.39, 0.29) is 19.1 Å². The SMILES string of the molecule is Cc1cc(=O)n(C(=O)CN2CCCN(CCO)CC2)o1. The van der Waals surface area contributed by atoms with E-state index in [2.05, 4.69) is 4.90 Å². The summed E-state index contributed by atoms with van der Waals surface area (Å²) in [5.74, 6) is 0.104. The summed E-state index contributed by atoms with van der Waals surface area (Å²) in [5.41, 5.74) is -0.413. The van der Waals surface area contributed by atoms with Crippen molar-refractivity contribution in [1.29, 1.82) is 0 Å². The summed E-state index contributed by atoms with van der Waals surface area (Å²) in [6, 6.07) is 1.31. The molecule has 0 saturated carbocycles. The second-order valence-electron chi connectivity index (χ2n) is 5.07. The molecule has 20 heavy (non-hydrogen) atoms. The summed E-state index contributed by atoms with van der Waals surface area (Å²) in [4.78, 5) is 27.8. The Hall–Kier alpha value is -1.44. The first kappa shape index (κ1) is 15.0. The van der Waals surface area contributed by atoms with E-state index >= 15 is 0 Å². The highest BCUT2D eigenvalue weighted by molar-refractivity contribution is 5.79. The Bertz CT molecular complexity index is 508. The molecule has 0 bridgehead atoms. The van der Waals surface area contributed by atoms with Crippen molar-refractivity contribution < 1.29 is 14.4 Å². The third kappa shape index (κ3) is 3.78. The summed E-state index contributed by atoms with van der Waals surface area (Å²) >= 11 is 0. The molecule has 0 aromatic carbocycles. The zero-order valence-electron chi connectivity index (χ0n) is 11.7. The predicted octanol–water partition coefficient (Wildman–Crippen LogP) is -0.610. The quantitative estimate of drug-likeness (QED) is 0.794. The maximum atomic E-state index is 12.0. The van der Waals surface area contributed by atoms with Gasteiger partial charge in [-0.1, -0.05) is 0 Å². The Balaban J connectivity index is 1.91. The molecule has 7 heteroatoms. The highest BCUT2D eigenvalue weighted by Gasteiger charge is 2.19. The van der Waals surface area contributed by atoms with E-state index in [9.17, 15) is 9.59 Å². The molecule has 0 amide bonds. The van der Waals surface area contributed by atoms with Crippen LogP contribution in [0.1, 0.15) is 17.0 Å². The van der Waals surface area contributed by atoms with Gasteiger partial charge in [-0.25, -0.2) is 0 Å². The van der Waals surface area contributed by atoms with Crippen molar-refractivity contribution in [3.63, 3.8) is 0 Å². The summed E-state index contributed by atoms with van der Waals surface area (Å²) in [6.45, 7) is 5.94. The molecule has 0 unspecified atom stereocenters. The summed E-state index contributed by atoms with van der Waals surface area (Å²) in [5, 5.41) is 8.94. The molecule has 112 valence electrons. The van der Waals surface area contributed by atoms with Crippen LogP contribution in [-0.4, -0.2) is 71.4 Å². The number of rotatable bonds is 4. The molecule has 0 aliphatic carbocycles. The summed E-state index contributed by atoms with van der Waals surface area (Å²) in [6.07, 6.45) is 0.944. The van der Waals surface area contributed by atoms with Crippen LogP contribution in [0.3, 0.4) is 0 Å². The number of aromatic nitrogens is 1. The highest BCUT2D eigenvalue weighted by atomic mass is 16.5. The molecule has 2 heterocycles. The second-order valence-corrected chi connectivity index (χ2v) is 5.07. The van der Waals surface area contributed by atoms with Crippen LogP contribution >= 0.6 is 0 Å². The molecular weight excluding hydrogens is 262 g/mol. The van der Waals surface area contributed by atoms with Gasteiger partial charge in [0.2, 0.25) is 0 Å². The summed E-state index contributed by atoms with van der Waals surface area (Å²) < 4.78 is 5.92. The minimum Gasteiger partial charge on any atom is -0.395 e. The molecule has 1 aliphatic heterocycles. The number of aryl methyl sites for hydroxylation is 1. The molecule has 0 radical (unpaired) electrons. The molecular formula is C13H21N3O4. The van der Waals surface area contributed by atoms with Crippen LogP contribution in [0.2, 0.25) is 0 Å². The molecule has 1 aromatic heterocycles. The Kier molecular flexibility index (Phi) is 5.11. The smallest absolute Gasteiger partial charge is 0.290 e. The van der Waals surface area contributed by atoms with Crippen LogP contribution in [0.4, 0.5) is 0 Å². The van der Waals surface area contributed by atoms with Crippen molar-refractivity contribution in [1.82, 2.24) is 14.5 Å². The molecule has 1 aromatic rings. The zero-order chi connectivity index (χ0) is 14.5. The molecule has 7 nitrogen and oxygen atoms in total. The Morgan fingerprint density at radius 1 is 1.30 bits per heavy atom. The maximum absolute atomic E-state index is 12.0. The predicted molar refractivity (Wildman–Crippen MR) is 72.9 cm³/mol. The topological polar surface area (TPSA) is 78.9 Å². The minimum absolute atomic E-state index is 0.153. The second kappa shape index (κ2) is 6.83. The standard InChI is InChI=1S/C13H21N3O4/c1-11-9-12(18)16(20-11)13(19)10-15-4-2-3-14(5-6-15)7-8-17/h9,17H,2-8,10H2,1H3. The fourth-order valence-corrected chi connectivity index (χ4v) is 2.42. The van der Waals surface area contributed by atoms with Crippen LogP contribution in [-0.2, 0) is 0 Å². The van der Waals surface area contributed by atoms with Crippen LogP contribution in [0.15, 0.2) is 15.4 Å². The van der Waals surface area contributed by atoms with Crippen LogP contribution in [0.5, 0.6) is 0 Å². The minimum atomic E-state index is -0.413. The number of aliphatic hydroxyl groups is 1. The normalized spacial score (nSPS) is 18.1. The van der Waals surface area contributed by atoms with Gasteiger partial charge in [-0.15, -0.1) is 4.74 Å². The fourth-order valence-electron chi connectivity index (χ4n) is 2.42. The molecule has 1 saturated heterocycles. The molecule has 1 N–H and O–H groups in total. The van der Waals surface area contributed by atoms with Crippen LogP contribution in [0.25, 0.3) is 0 Å². The zero-order valence-corrected chi connectivity index (χ0v) is 11.7. The van der Waals surface area contributed by atoms with Crippen molar-refractivity contribution in [3.05, 3.63) is 22.2 Å². The van der Waals surface area contributed by atoms with E-state index in [0.29, 0.717) is 12.3 Å². The van der Waals surface area contributed by atoms with E-state index in [1.54, 1.807) is 6.92 Å². The van der Waals surface area contributed by atoms with Gasteiger partial charge >= 0.3 is 0 Å². The van der Waals surface area contributed by atoms with Gasteiger partial charge in [-0.2, -0.15) is 0 Å². The number of aliphatic hydroxyl groups excluding tert-OH is 1. The van der Waals surface area contributed by atoms with Crippen LogP contribution < -0.4 is 5.56 Å². The third-order valence-corrected chi connectivity index (χ3v) is 3.44. The first-order valence-electron chi connectivity index (χ1n) is 6.89. The largest absolute Gasteiger partial charge is 0.395 e. The van der Waals surface area contributed by atoms with Gasteiger partial charge in [-0.05, 0) is 26.4 Å². The number of hydrogen-bond acceptors (Lipinski definition) is 6. The lowest BCUT2D eigenvalue weighted by Gasteiger charge is -2.20. The van der Waals surface area contributed by atoms with Gasteiger partial charge in [-0.3, -0.25) is 19.4 Å². The average molecular weight is 283 g/mol. The summed E-state index contributed by atoms with van der Waals surface area (Å²) in [7, 11) is 0. The van der Waals surface area contributed by atoms with E-state index < -0.39 is 5.56 Å². The van der Waals surface area contributed by atoms with Gasteiger partial charge in [0.25, 0.3) is 11.5 Å². The van der Waals surface area contributed by atoms with E-state index in [1.807, 2.05) is 4.90 Å². The molecule has 0 atom stereocenters. The average Bonchev–Trinajstić information content (AvgIpc) is 2.60. The number of carbonyl (C=O) groups excluding carboxylic acids is 1. The van der Waals surface area contributed by atoms with E-state index in [4.69, 9.17) is 9.63 Å². The monoisotopic (exact) mass is 283 g/mol. The van der Waals surface area contributed by atoms with Crippen molar-refractivity contribution in [2.24, 2.45) is 0 Å². The van der Waals surface area contributed by atoms with Crippen molar-refractivity contribution in [2.75, 3.05) is 45.9 Å². The molecule has 0 spiro atoms. The molecule has 1 fully saturated rings. The highest BCUT2D eigenvalue weighted by Crippen LogP contribution is 2.03. The maximum Gasteiger partial charge on any atom is 0.290 e. The molecule has 1 aliphatic rings. The lowest BCUT2D eigenvalue weighted by atomic mass is 10.3. The fraction of sp³-hybridized carbons (Fsp3) is 0.692. The van der Waals surface area contributed by atoms with E-state index in [0.717, 1.165) is 37.3 Å². The Morgan fingerprint density at radius 2 is 2.00 bits per heavy atom. The lowest BCUT2D eigenvalue weighted by Crippen LogP contribution is -2.38. The van der Waals surface area contributed by atoms with Gasteiger partial charge in [0.1, 0.15) is 5.76 Å². The Morgan fingerprint density at radius 3 is 2.65 bits per heavy atom. The van der Waals surface area contributed by atoms with Crippen LogP contribution in [0, 0.1) is 6.92 Å². The van der Waals surface area contributed by atoms with Crippen molar-refractivity contribution >= 4 is 5.91 Å². The lowest BCUT2D eigenvalue weighted by molar-refractivity contribution is 0.0716. The van der Waals surface area contributed by atoms with Gasteiger partial charge in [0.15, 0.2) is 0 Å². The number of β-amino-alcohol motifs (C(OH)–C–C–N with tert-alkyl or cyclic N) is 1. The van der Waals surface area contributed by atoms with Gasteiger partial charge in [0.05, 0.1) is 13.2 Å². The number of nitrogens with zero attached hydrogens (tertiary/aromatic N) is 3.